The fourth-order valence-corrected chi connectivity index (χ4v) is 3.06. The zero-order valence-corrected chi connectivity index (χ0v) is 13.0. The molecule has 2 heterocycles. The normalized spacial score (nSPS) is 20.4. The minimum atomic E-state index is -4.51. The molecule has 2 aliphatic heterocycles. The van der Waals surface area contributed by atoms with E-state index in [1.807, 2.05) is 0 Å². The third-order valence-corrected chi connectivity index (χ3v) is 4.33. The van der Waals surface area contributed by atoms with Crippen LogP contribution in [0.25, 0.3) is 0 Å². The van der Waals surface area contributed by atoms with E-state index in [-0.39, 0.29) is 17.9 Å². The van der Waals surface area contributed by atoms with Crippen LogP contribution in [0.1, 0.15) is 18.4 Å². The van der Waals surface area contributed by atoms with Crippen molar-refractivity contribution in [3.05, 3.63) is 29.8 Å². The monoisotopic (exact) mass is 344 g/mol. The summed E-state index contributed by atoms with van der Waals surface area (Å²) in [6, 6.07) is 4.46. The number of halogens is 3. The number of likely N-dealkylation sites (tertiary alicyclic amines) is 1. The van der Waals surface area contributed by atoms with Crippen LogP contribution in [0.4, 0.5) is 23.7 Å². The van der Waals surface area contributed by atoms with Gasteiger partial charge in [-0.3, -0.25) is 0 Å². The Morgan fingerprint density at radius 1 is 1.12 bits per heavy atom. The Hall–Kier alpha value is -1.80. The molecule has 0 bridgehead atoms. The van der Waals surface area contributed by atoms with Crippen LogP contribution >= 0.6 is 0 Å². The predicted molar refractivity (Wildman–Crippen MR) is 80.5 cm³/mol. The molecule has 2 saturated heterocycles. The first kappa shape index (κ1) is 17.0. The van der Waals surface area contributed by atoms with Crippen molar-refractivity contribution in [2.45, 2.75) is 25.3 Å². The van der Waals surface area contributed by atoms with E-state index in [9.17, 15) is 18.0 Å². The number of amides is 2. The first-order valence-electron chi connectivity index (χ1n) is 7.90. The SMILES string of the molecule is O=C(Nc1ccccc1C(F)(F)F)N1CCC(C2OCCO2)CC1. The number of ether oxygens (including phenoxy) is 2. The van der Waals surface area contributed by atoms with Crippen molar-refractivity contribution in [1.29, 1.82) is 0 Å². The zero-order chi connectivity index (χ0) is 17.2. The Morgan fingerprint density at radius 3 is 2.38 bits per heavy atom. The second kappa shape index (κ2) is 6.98. The van der Waals surface area contributed by atoms with Gasteiger partial charge in [0.1, 0.15) is 0 Å². The fourth-order valence-electron chi connectivity index (χ4n) is 3.06. The average molecular weight is 344 g/mol. The molecular weight excluding hydrogens is 325 g/mol. The fraction of sp³-hybridized carbons (Fsp3) is 0.562. The molecule has 0 aromatic heterocycles. The van der Waals surface area contributed by atoms with Gasteiger partial charge in [0.2, 0.25) is 0 Å². The summed E-state index contributed by atoms with van der Waals surface area (Å²) in [4.78, 5) is 13.8. The quantitative estimate of drug-likeness (QED) is 0.895. The van der Waals surface area contributed by atoms with Crippen LogP contribution in [-0.4, -0.2) is 43.5 Å². The number of carbonyl (C=O) groups is 1. The third kappa shape index (κ3) is 3.81. The maximum atomic E-state index is 13.0. The summed E-state index contributed by atoms with van der Waals surface area (Å²) >= 11 is 0. The summed E-state index contributed by atoms with van der Waals surface area (Å²) in [7, 11) is 0. The molecule has 1 N–H and O–H groups in total. The van der Waals surface area contributed by atoms with Gasteiger partial charge in [-0.05, 0) is 25.0 Å². The molecule has 0 radical (unpaired) electrons. The lowest BCUT2D eigenvalue weighted by Crippen LogP contribution is -2.43. The highest BCUT2D eigenvalue weighted by Crippen LogP contribution is 2.35. The molecular formula is C16H19F3N2O3. The van der Waals surface area contributed by atoms with E-state index in [2.05, 4.69) is 5.32 Å². The van der Waals surface area contributed by atoms with Crippen molar-refractivity contribution >= 4 is 11.7 Å². The summed E-state index contributed by atoms with van der Waals surface area (Å²) in [5.74, 6) is 0.221. The van der Waals surface area contributed by atoms with Crippen molar-refractivity contribution in [3.8, 4) is 0 Å². The van der Waals surface area contributed by atoms with E-state index in [4.69, 9.17) is 9.47 Å². The summed E-state index contributed by atoms with van der Waals surface area (Å²) in [6.45, 7) is 2.10. The minimum Gasteiger partial charge on any atom is -0.350 e. The molecule has 24 heavy (non-hydrogen) atoms. The number of rotatable bonds is 2. The third-order valence-electron chi connectivity index (χ3n) is 4.33. The highest BCUT2D eigenvalue weighted by Gasteiger charge is 2.35. The Balaban J connectivity index is 1.59. The smallest absolute Gasteiger partial charge is 0.350 e. The average Bonchev–Trinajstić information content (AvgIpc) is 3.09. The van der Waals surface area contributed by atoms with E-state index in [0.717, 1.165) is 6.07 Å². The lowest BCUT2D eigenvalue weighted by molar-refractivity contribution is -0.136. The summed E-state index contributed by atoms with van der Waals surface area (Å²) in [6.07, 6.45) is -3.31. The van der Waals surface area contributed by atoms with E-state index < -0.39 is 17.8 Å². The molecule has 0 aliphatic carbocycles. The van der Waals surface area contributed by atoms with Gasteiger partial charge < -0.3 is 19.7 Å². The predicted octanol–water partition coefficient (Wildman–Crippen LogP) is 3.32. The van der Waals surface area contributed by atoms with Crippen molar-refractivity contribution in [2.75, 3.05) is 31.6 Å². The minimum absolute atomic E-state index is 0.221. The number of anilines is 1. The van der Waals surface area contributed by atoms with Gasteiger partial charge in [-0.25, -0.2) is 4.79 Å². The first-order valence-corrected chi connectivity index (χ1v) is 7.90. The molecule has 1 aromatic rings. The van der Waals surface area contributed by atoms with E-state index in [0.29, 0.717) is 39.1 Å². The van der Waals surface area contributed by atoms with Gasteiger partial charge >= 0.3 is 12.2 Å². The Kier molecular flexibility index (Phi) is 4.96. The van der Waals surface area contributed by atoms with Crippen molar-refractivity contribution in [1.82, 2.24) is 4.90 Å². The number of urea groups is 1. The number of nitrogens with zero attached hydrogens (tertiary/aromatic N) is 1. The lowest BCUT2D eigenvalue weighted by atomic mass is 9.96. The first-order chi connectivity index (χ1) is 11.4. The van der Waals surface area contributed by atoms with Crippen molar-refractivity contribution < 1.29 is 27.4 Å². The molecule has 0 saturated carbocycles. The summed E-state index contributed by atoms with van der Waals surface area (Å²) in [5, 5.41) is 2.38. The highest BCUT2D eigenvalue weighted by molar-refractivity contribution is 5.90. The summed E-state index contributed by atoms with van der Waals surface area (Å²) < 4.78 is 49.9. The van der Waals surface area contributed by atoms with Crippen LogP contribution < -0.4 is 5.32 Å². The molecule has 0 spiro atoms. The number of piperidine rings is 1. The van der Waals surface area contributed by atoms with Crippen LogP contribution in [0.3, 0.4) is 0 Å². The van der Waals surface area contributed by atoms with Crippen molar-refractivity contribution in [2.24, 2.45) is 5.92 Å². The second-order valence-electron chi connectivity index (χ2n) is 5.91. The Morgan fingerprint density at radius 2 is 1.75 bits per heavy atom. The van der Waals surface area contributed by atoms with Gasteiger partial charge in [-0.1, -0.05) is 12.1 Å². The van der Waals surface area contributed by atoms with Crippen LogP contribution in [0.2, 0.25) is 0 Å². The molecule has 2 fully saturated rings. The number of para-hydroxylation sites is 1. The van der Waals surface area contributed by atoms with Gasteiger partial charge in [0.15, 0.2) is 6.29 Å². The molecule has 5 nitrogen and oxygen atoms in total. The standard InChI is InChI=1S/C16H19F3N2O3/c17-16(18,19)12-3-1-2-4-13(12)20-15(22)21-7-5-11(6-8-21)14-23-9-10-24-14/h1-4,11,14H,5-10H2,(H,20,22). The van der Waals surface area contributed by atoms with E-state index in [1.165, 1.54) is 23.1 Å². The molecule has 132 valence electrons. The number of carbonyl (C=O) groups excluding carboxylic acids is 1. The van der Waals surface area contributed by atoms with Crippen LogP contribution in [0, 0.1) is 5.92 Å². The van der Waals surface area contributed by atoms with Crippen LogP contribution in [0.5, 0.6) is 0 Å². The van der Waals surface area contributed by atoms with Gasteiger partial charge in [-0.2, -0.15) is 13.2 Å². The topological polar surface area (TPSA) is 50.8 Å². The molecule has 1 aromatic carbocycles. The summed E-state index contributed by atoms with van der Waals surface area (Å²) in [5.41, 5.74) is -1.07. The number of alkyl halides is 3. The molecule has 3 rings (SSSR count). The molecule has 0 unspecified atom stereocenters. The van der Waals surface area contributed by atoms with E-state index in [1.54, 1.807) is 0 Å². The second-order valence-corrected chi connectivity index (χ2v) is 5.91. The maximum absolute atomic E-state index is 13.0. The van der Waals surface area contributed by atoms with Gasteiger partial charge in [-0.15, -0.1) is 0 Å². The maximum Gasteiger partial charge on any atom is 0.418 e. The number of hydrogen-bond donors (Lipinski definition) is 1. The Labute approximate surface area is 137 Å². The Bertz CT molecular complexity index is 580. The largest absolute Gasteiger partial charge is 0.418 e. The number of benzene rings is 1. The van der Waals surface area contributed by atoms with Crippen molar-refractivity contribution in [3.63, 3.8) is 0 Å². The highest BCUT2D eigenvalue weighted by atomic mass is 19.4. The van der Waals surface area contributed by atoms with E-state index >= 15 is 0 Å². The van der Waals surface area contributed by atoms with Crippen LogP contribution in [0.15, 0.2) is 24.3 Å². The van der Waals surface area contributed by atoms with Gasteiger partial charge in [0.25, 0.3) is 0 Å². The zero-order valence-electron chi connectivity index (χ0n) is 13.0. The lowest BCUT2D eigenvalue weighted by Gasteiger charge is -2.34. The number of nitrogens with one attached hydrogen (secondary N) is 1. The van der Waals surface area contributed by atoms with Gasteiger partial charge in [0, 0.05) is 19.0 Å². The molecule has 2 aliphatic rings. The van der Waals surface area contributed by atoms with Crippen LogP contribution in [-0.2, 0) is 15.7 Å². The van der Waals surface area contributed by atoms with Gasteiger partial charge in [0.05, 0.1) is 24.5 Å². The molecule has 0 atom stereocenters. The molecule has 2 amide bonds. The molecule has 8 heteroatoms. The number of hydrogen-bond acceptors (Lipinski definition) is 3.